The maximum atomic E-state index is 12.2. The number of anilines is 1. The number of ether oxygens (including phenoxy) is 2. The lowest BCUT2D eigenvalue weighted by atomic mass is 9.93. The zero-order chi connectivity index (χ0) is 18.4. The number of benzene rings is 1. The van der Waals surface area contributed by atoms with Gasteiger partial charge in [-0.25, -0.2) is 14.8 Å². The fourth-order valence-electron chi connectivity index (χ4n) is 2.89. The van der Waals surface area contributed by atoms with Crippen LogP contribution >= 0.6 is 11.6 Å². The highest BCUT2D eigenvalue weighted by Crippen LogP contribution is 2.23. The van der Waals surface area contributed by atoms with Gasteiger partial charge in [0.1, 0.15) is 11.9 Å². The summed E-state index contributed by atoms with van der Waals surface area (Å²) in [7, 11) is 1.59. The number of amides is 2. The third-order valence-corrected chi connectivity index (χ3v) is 4.40. The molecule has 3 rings (SSSR count). The standard InChI is InChI=1S/C18H21ClN4O3/c1-25-16-4-2-3-14(9-16)23-17(24)22-13-5-7-15(8-6-13)26-18-20-10-12(19)11-21-18/h2-4,9-11,13,15H,5-8H2,1H3,(H2,22,23,24). The maximum Gasteiger partial charge on any atom is 0.319 e. The summed E-state index contributed by atoms with van der Waals surface area (Å²) in [5, 5.41) is 6.31. The molecule has 2 aromatic rings. The van der Waals surface area contributed by atoms with Crippen LogP contribution in [0.2, 0.25) is 5.02 Å². The molecule has 8 heteroatoms. The van der Waals surface area contributed by atoms with Gasteiger partial charge in [0.15, 0.2) is 0 Å². The topological polar surface area (TPSA) is 85.4 Å². The minimum absolute atomic E-state index is 0.0515. The Morgan fingerprint density at radius 2 is 1.92 bits per heavy atom. The molecular formula is C18H21ClN4O3. The van der Waals surface area contributed by atoms with E-state index in [4.69, 9.17) is 21.1 Å². The van der Waals surface area contributed by atoms with Gasteiger partial charge >= 0.3 is 12.0 Å². The molecule has 1 fully saturated rings. The summed E-state index contributed by atoms with van der Waals surface area (Å²) in [4.78, 5) is 20.2. The predicted octanol–water partition coefficient (Wildman–Crippen LogP) is 3.65. The molecule has 0 spiro atoms. The van der Waals surface area contributed by atoms with Crippen LogP contribution in [0, 0.1) is 0 Å². The Kier molecular flexibility index (Phi) is 6.12. The molecule has 2 N–H and O–H groups in total. The monoisotopic (exact) mass is 376 g/mol. The number of nitrogens with one attached hydrogen (secondary N) is 2. The Morgan fingerprint density at radius 3 is 2.62 bits per heavy atom. The zero-order valence-electron chi connectivity index (χ0n) is 14.4. The van der Waals surface area contributed by atoms with Crippen LogP contribution in [0.25, 0.3) is 0 Å². The fourth-order valence-corrected chi connectivity index (χ4v) is 2.99. The molecule has 0 unspecified atom stereocenters. The third kappa shape index (κ3) is 5.23. The summed E-state index contributed by atoms with van der Waals surface area (Å²) in [6.45, 7) is 0. The van der Waals surface area contributed by atoms with E-state index in [2.05, 4.69) is 20.6 Å². The molecule has 1 aliphatic rings. The smallest absolute Gasteiger partial charge is 0.319 e. The van der Waals surface area contributed by atoms with Gasteiger partial charge in [-0.1, -0.05) is 17.7 Å². The molecule has 7 nitrogen and oxygen atoms in total. The Bertz CT molecular complexity index is 733. The highest BCUT2D eigenvalue weighted by atomic mass is 35.5. The predicted molar refractivity (Wildman–Crippen MR) is 98.9 cm³/mol. The molecule has 1 heterocycles. The van der Waals surface area contributed by atoms with E-state index in [0.717, 1.165) is 25.7 Å². The van der Waals surface area contributed by atoms with Crippen LogP contribution in [-0.4, -0.2) is 35.3 Å². The van der Waals surface area contributed by atoms with Gasteiger partial charge in [-0.2, -0.15) is 0 Å². The van der Waals surface area contributed by atoms with Crippen LogP contribution in [0.5, 0.6) is 11.8 Å². The van der Waals surface area contributed by atoms with Crippen molar-refractivity contribution in [3.8, 4) is 11.8 Å². The average Bonchev–Trinajstić information content (AvgIpc) is 2.65. The third-order valence-electron chi connectivity index (χ3n) is 4.21. The summed E-state index contributed by atoms with van der Waals surface area (Å²) in [6.07, 6.45) is 6.41. The molecule has 1 aromatic heterocycles. The van der Waals surface area contributed by atoms with Crippen molar-refractivity contribution in [3.63, 3.8) is 0 Å². The second-order valence-corrected chi connectivity index (χ2v) is 6.54. The van der Waals surface area contributed by atoms with E-state index in [9.17, 15) is 4.79 Å². The maximum absolute atomic E-state index is 12.2. The van der Waals surface area contributed by atoms with Crippen molar-refractivity contribution in [2.24, 2.45) is 0 Å². The lowest BCUT2D eigenvalue weighted by Crippen LogP contribution is -2.41. The Morgan fingerprint density at radius 1 is 1.19 bits per heavy atom. The minimum Gasteiger partial charge on any atom is -0.497 e. The van der Waals surface area contributed by atoms with E-state index in [1.165, 1.54) is 12.4 Å². The normalized spacial score (nSPS) is 19.5. The SMILES string of the molecule is COc1cccc(NC(=O)NC2CCC(Oc3ncc(Cl)cn3)CC2)c1. The summed E-state index contributed by atoms with van der Waals surface area (Å²) < 4.78 is 10.9. The van der Waals surface area contributed by atoms with Gasteiger partial charge in [-0.15, -0.1) is 0 Å². The van der Waals surface area contributed by atoms with Gasteiger partial charge in [0.05, 0.1) is 24.5 Å². The molecule has 0 aliphatic heterocycles. The molecule has 2 amide bonds. The minimum atomic E-state index is -0.219. The highest BCUT2D eigenvalue weighted by Gasteiger charge is 2.24. The van der Waals surface area contributed by atoms with Crippen molar-refractivity contribution in [1.82, 2.24) is 15.3 Å². The molecule has 0 bridgehead atoms. The number of carbonyl (C=O) groups excluding carboxylic acids is 1. The number of methoxy groups -OCH3 is 1. The number of hydrogen-bond donors (Lipinski definition) is 2. The van der Waals surface area contributed by atoms with Gasteiger partial charge in [0.25, 0.3) is 0 Å². The van der Waals surface area contributed by atoms with Crippen LogP contribution in [0.3, 0.4) is 0 Å². The van der Waals surface area contributed by atoms with Crippen molar-refractivity contribution in [1.29, 1.82) is 0 Å². The Hall–Kier alpha value is -2.54. The highest BCUT2D eigenvalue weighted by molar-refractivity contribution is 6.30. The first-order chi connectivity index (χ1) is 12.6. The van der Waals surface area contributed by atoms with Crippen LogP contribution in [0.1, 0.15) is 25.7 Å². The second-order valence-electron chi connectivity index (χ2n) is 6.11. The van der Waals surface area contributed by atoms with E-state index >= 15 is 0 Å². The molecule has 0 saturated heterocycles. The van der Waals surface area contributed by atoms with Crippen molar-refractivity contribution < 1.29 is 14.3 Å². The van der Waals surface area contributed by atoms with Crippen molar-refractivity contribution in [2.75, 3.05) is 12.4 Å². The zero-order valence-corrected chi connectivity index (χ0v) is 15.2. The number of aromatic nitrogens is 2. The number of rotatable bonds is 5. The van der Waals surface area contributed by atoms with E-state index in [0.29, 0.717) is 22.5 Å². The van der Waals surface area contributed by atoms with Crippen molar-refractivity contribution in [3.05, 3.63) is 41.7 Å². The van der Waals surface area contributed by atoms with E-state index in [1.54, 1.807) is 13.2 Å². The molecule has 1 aromatic carbocycles. The molecule has 138 valence electrons. The quantitative estimate of drug-likeness (QED) is 0.831. The van der Waals surface area contributed by atoms with E-state index < -0.39 is 0 Å². The van der Waals surface area contributed by atoms with Gasteiger partial charge in [0.2, 0.25) is 0 Å². The summed E-state index contributed by atoms with van der Waals surface area (Å²) in [5.41, 5.74) is 0.693. The number of halogens is 1. The molecule has 1 aliphatic carbocycles. The largest absolute Gasteiger partial charge is 0.497 e. The Labute approximate surface area is 157 Å². The summed E-state index contributed by atoms with van der Waals surface area (Å²) in [5.74, 6) is 0.699. The van der Waals surface area contributed by atoms with E-state index in [-0.39, 0.29) is 18.2 Å². The van der Waals surface area contributed by atoms with Crippen molar-refractivity contribution in [2.45, 2.75) is 37.8 Å². The lowest BCUT2D eigenvalue weighted by Gasteiger charge is -2.28. The van der Waals surface area contributed by atoms with Gasteiger partial charge in [-0.05, 0) is 37.8 Å². The number of nitrogens with zero attached hydrogens (tertiary/aromatic N) is 2. The van der Waals surface area contributed by atoms with E-state index in [1.807, 2.05) is 18.2 Å². The molecule has 0 atom stereocenters. The van der Waals surface area contributed by atoms with Crippen LogP contribution in [0.4, 0.5) is 10.5 Å². The van der Waals surface area contributed by atoms with Gasteiger partial charge in [0, 0.05) is 17.8 Å². The second kappa shape index (κ2) is 8.71. The molecular weight excluding hydrogens is 356 g/mol. The van der Waals surface area contributed by atoms with Crippen molar-refractivity contribution >= 4 is 23.3 Å². The first-order valence-corrected chi connectivity index (χ1v) is 8.86. The summed E-state index contributed by atoms with van der Waals surface area (Å²) in [6, 6.07) is 7.48. The first-order valence-electron chi connectivity index (χ1n) is 8.48. The first kappa shape index (κ1) is 18.3. The van der Waals surface area contributed by atoms with Crippen LogP contribution in [0.15, 0.2) is 36.7 Å². The van der Waals surface area contributed by atoms with Crippen LogP contribution < -0.4 is 20.1 Å². The Balaban J connectivity index is 1.43. The average molecular weight is 377 g/mol. The lowest BCUT2D eigenvalue weighted by molar-refractivity contribution is 0.129. The summed E-state index contributed by atoms with van der Waals surface area (Å²) >= 11 is 5.76. The van der Waals surface area contributed by atoms with Crippen LogP contribution in [-0.2, 0) is 0 Å². The van der Waals surface area contributed by atoms with Gasteiger partial charge < -0.3 is 20.1 Å². The molecule has 26 heavy (non-hydrogen) atoms. The number of carbonyl (C=O) groups is 1. The van der Waals surface area contributed by atoms with Gasteiger partial charge in [-0.3, -0.25) is 0 Å². The molecule has 0 radical (unpaired) electrons. The fraction of sp³-hybridized carbons (Fsp3) is 0.389. The number of urea groups is 1. The number of hydrogen-bond acceptors (Lipinski definition) is 5. The molecule has 1 saturated carbocycles.